The standard InChI is InChI=1S/C23H19ClN4O4/c1-14-10-16(11-17(13-25)23(29)26-19-6-4-18(24)5-7-19)15(2)27(14)21-9-8-20(28(30)31)12-22(21)32-3/h4-12H,1-3H3,(H,26,29)/b17-11-. The van der Waals surface area contributed by atoms with Gasteiger partial charge in [-0.1, -0.05) is 11.6 Å². The molecule has 0 spiro atoms. The number of nitrogens with one attached hydrogen (secondary N) is 1. The van der Waals surface area contributed by atoms with Gasteiger partial charge in [-0.15, -0.1) is 0 Å². The van der Waals surface area contributed by atoms with Crippen molar-refractivity contribution in [1.29, 1.82) is 5.26 Å². The number of rotatable bonds is 6. The van der Waals surface area contributed by atoms with E-state index in [1.807, 2.05) is 30.6 Å². The number of amides is 1. The van der Waals surface area contributed by atoms with Gasteiger partial charge in [0.15, 0.2) is 0 Å². The molecule has 9 heteroatoms. The van der Waals surface area contributed by atoms with E-state index < -0.39 is 10.8 Å². The van der Waals surface area contributed by atoms with Gasteiger partial charge in [-0.25, -0.2) is 0 Å². The second kappa shape index (κ2) is 9.37. The SMILES string of the molecule is COc1cc([N+](=O)[O-])ccc1-n1c(C)cc(/C=C(/C#N)C(=O)Nc2ccc(Cl)cc2)c1C. The lowest BCUT2D eigenvalue weighted by atomic mass is 10.1. The fourth-order valence-corrected chi connectivity index (χ4v) is 3.43. The Kier molecular flexibility index (Phi) is 6.61. The van der Waals surface area contributed by atoms with Crippen molar-refractivity contribution >= 4 is 35.0 Å². The van der Waals surface area contributed by atoms with Gasteiger partial charge in [-0.3, -0.25) is 14.9 Å². The number of methoxy groups -OCH3 is 1. The predicted molar refractivity (Wildman–Crippen MR) is 122 cm³/mol. The molecule has 0 bridgehead atoms. The number of non-ortho nitro benzene ring substituents is 1. The van der Waals surface area contributed by atoms with E-state index in [9.17, 15) is 20.2 Å². The van der Waals surface area contributed by atoms with Crippen LogP contribution in [0.15, 0.2) is 54.1 Å². The molecule has 32 heavy (non-hydrogen) atoms. The van der Waals surface area contributed by atoms with E-state index in [0.29, 0.717) is 27.7 Å². The van der Waals surface area contributed by atoms with Crippen molar-refractivity contribution in [2.45, 2.75) is 13.8 Å². The molecule has 0 aliphatic carbocycles. The number of nitriles is 1. The lowest BCUT2D eigenvalue weighted by molar-refractivity contribution is -0.384. The summed E-state index contributed by atoms with van der Waals surface area (Å²) in [6.07, 6.45) is 1.50. The first-order valence-corrected chi connectivity index (χ1v) is 9.83. The molecule has 0 saturated heterocycles. The minimum atomic E-state index is -0.549. The number of nitro groups is 1. The average Bonchev–Trinajstić information content (AvgIpc) is 3.05. The van der Waals surface area contributed by atoms with E-state index in [4.69, 9.17) is 16.3 Å². The van der Waals surface area contributed by atoms with Gasteiger partial charge in [-0.2, -0.15) is 5.26 Å². The molecule has 0 radical (unpaired) electrons. The van der Waals surface area contributed by atoms with E-state index in [-0.39, 0.29) is 11.3 Å². The second-order valence-electron chi connectivity index (χ2n) is 6.91. The minimum Gasteiger partial charge on any atom is -0.494 e. The molecule has 0 aliphatic rings. The molecule has 0 saturated carbocycles. The molecule has 0 aliphatic heterocycles. The van der Waals surface area contributed by atoms with Crippen LogP contribution >= 0.6 is 11.6 Å². The first-order valence-electron chi connectivity index (χ1n) is 9.45. The molecule has 1 heterocycles. The van der Waals surface area contributed by atoms with Gasteiger partial charge >= 0.3 is 0 Å². The van der Waals surface area contributed by atoms with Gasteiger partial charge in [0, 0.05) is 28.2 Å². The van der Waals surface area contributed by atoms with Crippen molar-refractivity contribution in [3.63, 3.8) is 0 Å². The number of benzene rings is 2. The van der Waals surface area contributed by atoms with Crippen LogP contribution < -0.4 is 10.1 Å². The largest absolute Gasteiger partial charge is 0.494 e. The smallest absolute Gasteiger partial charge is 0.273 e. The molecule has 1 aromatic heterocycles. The molecule has 3 rings (SSSR count). The average molecular weight is 451 g/mol. The number of ether oxygens (including phenoxy) is 1. The van der Waals surface area contributed by atoms with Crippen molar-refractivity contribution in [2.24, 2.45) is 0 Å². The van der Waals surface area contributed by atoms with Crippen LogP contribution in [-0.4, -0.2) is 22.5 Å². The number of halogens is 1. The number of anilines is 1. The number of hydrogen-bond acceptors (Lipinski definition) is 5. The summed E-state index contributed by atoms with van der Waals surface area (Å²) < 4.78 is 7.21. The second-order valence-corrected chi connectivity index (χ2v) is 7.34. The minimum absolute atomic E-state index is 0.0733. The Hall–Kier alpha value is -4.09. The number of aromatic nitrogens is 1. The number of carbonyl (C=O) groups is 1. The van der Waals surface area contributed by atoms with Gasteiger partial charge in [0.05, 0.1) is 23.8 Å². The molecule has 1 N–H and O–H groups in total. The van der Waals surface area contributed by atoms with E-state index in [2.05, 4.69) is 5.32 Å². The zero-order valence-corrected chi connectivity index (χ0v) is 18.3. The summed E-state index contributed by atoms with van der Waals surface area (Å²) in [6, 6.07) is 14.7. The van der Waals surface area contributed by atoms with Gasteiger partial charge in [-0.05, 0) is 61.9 Å². The Morgan fingerprint density at radius 2 is 1.91 bits per heavy atom. The summed E-state index contributed by atoms with van der Waals surface area (Å²) >= 11 is 5.86. The molecular formula is C23H19ClN4O4. The summed E-state index contributed by atoms with van der Waals surface area (Å²) in [6.45, 7) is 3.68. The third kappa shape index (κ3) is 4.63. The topological polar surface area (TPSA) is 110 Å². The van der Waals surface area contributed by atoms with E-state index in [1.165, 1.54) is 25.3 Å². The summed E-state index contributed by atoms with van der Waals surface area (Å²) in [5, 5.41) is 23.8. The Balaban J connectivity index is 1.98. The maximum Gasteiger partial charge on any atom is 0.273 e. The monoisotopic (exact) mass is 450 g/mol. The molecule has 0 unspecified atom stereocenters. The summed E-state index contributed by atoms with van der Waals surface area (Å²) in [4.78, 5) is 23.2. The Morgan fingerprint density at radius 3 is 2.50 bits per heavy atom. The molecule has 1 amide bonds. The Labute approximate surface area is 189 Å². The van der Waals surface area contributed by atoms with Gasteiger partial charge < -0.3 is 14.6 Å². The summed E-state index contributed by atoms with van der Waals surface area (Å²) in [5.74, 6) is -0.218. The quantitative estimate of drug-likeness (QED) is 0.240. The lowest BCUT2D eigenvalue weighted by Gasteiger charge is -2.13. The molecular weight excluding hydrogens is 432 g/mol. The number of carbonyl (C=O) groups excluding carboxylic acids is 1. The van der Waals surface area contributed by atoms with Crippen LogP contribution in [0.5, 0.6) is 5.75 Å². The number of nitro benzene ring substituents is 1. The van der Waals surface area contributed by atoms with Crippen LogP contribution in [0.25, 0.3) is 11.8 Å². The van der Waals surface area contributed by atoms with Crippen molar-refractivity contribution in [2.75, 3.05) is 12.4 Å². The van der Waals surface area contributed by atoms with Crippen LogP contribution in [0.2, 0.25) is 5.02 Å². The van der Waals surface area contributed by atoms with Crippen LogP contribution in [-0.2, 0) is 4.79 Å². The number of nitrogens with zero attached hydrogens (tertiary/aromatic N) is 3. The highest BCUT2D eigenvalue weighted by molar-refractivity contribution is 6.30. The fraction of sp³-hybridized carbons (Fsp3) is 0.130. The molecule has 162 valence electrons. The van der Waals surface area contributed by atoms with Gasteiger partial charge in [0.1, 0.15) is 17.4 Å². The van der Waals surface area contributed by atoms with Crippen LogP contribution in [0, 0.1) is 35.3 Å². The van der Waals surface area contributed by atoms with Gasteiger partial charge in [0.25, 0.3) is 11.6 Å². The van der Waals surface area contributed by atoms with Gasteiger partial charge in [0.2, 0.25) is 0 Å². The van der Waals surface area contributed by atoms with Crippen molar-refractivity contribution < 1.29 is 14.5 Å². The zero-order chi connectivity index (χ0) is 23.4. The first kappa shape index (κ1) is 22.6. The van der Waals surface area contributed by atoms with E-state index in [0.717, 1.165) is 11.4 Å². The highest BCUT2D eigenvalue weighted by Gasteiger charge is 2.18. The number of hydrogen-bond donors (Lipinski definition) is 1. The first-order chi connectivity index (χ1) is 15.2. The maximum absolute atomic E-state index is 12.6. The molecule has 3 aromatic rings. The lowest BCUT2D eigenvalue weighted by Crippen LogP contribution is -2.13. The summed E-state index contributed by atoms with van der Waals surface area (Å²) in [7, 11) is 1.44. The maximum atomic E-state index is 12.6. The van der Waals surface area contributed by atoms with Crippen molar-refractivity contribution in [3.05, 3.63) is 86.2 Å². The third-order valence-electron chi connectivity index (χ3n) is 4.85. The van der Waals surface area contributed by atoms with Crippen molar-refractivity contribution in [3.8, 4) is 17.5 Å². The van der Waals surface area contributed by atoms with E-state index >= 15 is 0 Å². The third-order valence-corrected chi connectivity index (χ3v) is 5.10. The molecule has 8 nitrogen and oxygen atoms in total. The van der Waals surface area contributed by atoms with Crippen molar-refractivity contribution in [1.82, 2.24) is 4.57 Å². The van der Waals surface area contributed by atoms with Crippen LogP contribution in [0.3, 0.4) is 0 Å². The molecule has 0 fully saturated rings. The fourth-order valence-electron chi connectivity index (χ4n) is 3.30. The highest BCUT2D eigenvalue weighted by Crippen LogP contribution is 2.32. The van der Waals surface area contributed by atoms with Crippen LogP contribution in [0.4, 0.5) is 11.4 Å². The normalized spacial score (nSPS) is 11.0. The number of aryl methyl sites for hydroxylation is 1. The Bertz CT molecular complexity index is 1270. The zero-order valence-electron chi connectivity index (χ0n) is 17.5. The predicted octanol–water partition coefficient (Wildman–Crippen LogP) is 5.21. The highest BCUT2D eigenvalue weighted by atomic mass is 35.5. The molecule has 2 aromatic carbocycles. The summed E-state index contributed by atoms with van der Waals surface area (Å²) in [5.41, 5.74) is 3.16. The van der Waals surface area contributed by atoms with E-state index in [1.54, 1.807) is 30.3 Å². The Morgan fingerprint density at radius 1 is 1.22 bits per heavy atom. The molecule has 0 atom stereocenters. The van der Waals surface area contributed by atoms with Crippen LogP contribution in [0.1, 0.15) is 17.0 Å².